The van der Waals surface area contributed by atoms with Gasteiger partial charge in [-0.3, -0.25) is 0 Å². The quantitative estimate of drug-likeness (QED) is 0.490. The zero-order valence-corrected chi connectivity index (χ0v) is 13.1. The first kappa shape index (κ1) is 17.8. The van der Waals surface area contributed by atoms with Crippen LogP contribution in [0.15, 0.2) is 18.2 Å². The molecule has 1 aromatic carbocycles. The second kappa shape index (κ2) is 10.4. The number of rotatable bonds is 10. The molecule has 6 heteroatoms. The van der Waals surface area contributed by atoms with E-state index in [1.165, 1.54) is 0 Å². The van der Waals surface area contributed by atoms with Gasteiger partial charge in [-0.15, -0.1) is 0 Å². The maximum atomic E-state index is 11.9. The van der Waals surface area contributed by atoms with Crippen molar-refractivity contribution < 1.29 is 23.7 Å². The van der Waals surface area contributed by atoms with Crippen LogP contribution in [0.3, 0.4) is 0 Å². The molecule has 0 saturated heterocycles. The number of carbonyl (C=O) groups is 1. The third-order valence-electron chi connectivity index (χ3n) is 2.64. The van der Waals surface area contributed by atoms with Gasteiger partial charge in [0.25, 0.3) is 0 Å². The maximum Gasteiger partial charge on any atom is 0.338 e. The zero-order chi connectivity index (χ0) is 15.5. The van der Waals surface area contributed by atoms with E-state index in [2.05, 4.69) is 0 Å². The summed E-state index contributed by atoms with van der Waals surface area (Å²) in [5.74, 6) is 0.0728. The number of hydrogen-bond donors (Lipinski definition) is 0. The van der Waals surface area contributed by atoms with Crippen molar-refractivity contribution in [2.75, 3.05) is 40.6 Å². The maximum absolute atomic E-state index is 11.9. The summed E-state index contributed by atoms with van der Waals surface area (Å²) in [5, 5.41) is 0.461. The summed E-state index contributed by atoms with van der Waals surface area (Å²) >= 11 is 6.03. The fourth-order valence-corrected chi connectivity index (χ4v) is 1.75. The van der Waals surface area contributed by atoms with Gasteiger partial charge in [0.15, 0.2) is 0 Å². The minimum atomic E-state index is -0.399. The average Bonchev–Trinajstić information content (AvgIpc) is 2.49. The molecular formula is C15H21ClO5. The monoisotopic (exact) mass is 316 g/mol. The molecule has 0 aliphatic heterocycles. The van der Waals surface area contributed by atoms with Crippen molar-refractivity contribution in [3.63, 3.8) is 0 Å². The Morgan fingerprint density at radius 2 is 1.71 bits per heavy atom. The first-order valence-electron chi connectivity index (χ1n) is 6.76. The number of hydrogen-bond acceptors (Lipinski definition) is 5. The summed E-state index contributed by atoms with van der Waals surface area (Å²) in [6.45, 7) is 1.96. The SMILES string of the molecule is COCCCOC(=O)c1ccc(Cl)c(OCCCOC)c1. The van der Waals surface area contributed by atoms with Crippen LogP contribution in [-0.2, 0) is 14.2 Å². The van der Waals surface area contributed by atoms with Crippen molar-refractivity contribution in [2.45, 2.75) is 12.8 Å². The lowest BCUT2D eigenvalue weighted by Gasteiger charge is -2.10. The lowest BCUT2D eigenvalue weighted by molar-refractivity contribution is 0.0468. The van der Waals surface area contributed by atoms with E-state index >= 15 is 0 Å². The minimum absolute atomic E-state index is 0.319. The summed E-state index contributed by atoms with van der Waals surface area (Å²) in [7, 11) is 3.24. The number of ether oxygens (including phenoxy) is 4. The Morgan fingerprint density at radius 1 is 1.05 bits per heavy atom. The van der Waals surface area contributed by atoms with Gasteiger partial charge in [0.05, 0.1) is 23.8 Å². The van der Waals surface area contributed by atoms with Crippen LogP contribution < -0.4 is 4.74 Å². The fourth-order valence-electron chi connectivity index (χ4n) is 1.58. The molecule has 5 nitrogen and oxygen atoms in total. The normalized spacial score (nSPS) is 10.4. The highest BCUT2D eigenvalue weighted by molar-refractivity contribution is 6.32. The van der Waals surface area contributed by atoms with Crippen molar-refractivity contribution in [1.82, 2.24) is 0 Å². The van der Waals surface area contributed by atoms with Gasteiger partial charge in [0.1, 0.15) is 5.75 Å². The van der Waals surface area contributed by atoms with Gasteiger partial charge in [0.2, 0.25) is 0 Å². The van der Waals surface area contributed by atoms with Crippen LogP contribution in [0.4, 0.5) is 0 Å². The van der Waals surface area contributed by atoms with E-state index in [-0.39, 0.29) is 0 Å². The van der Waals surface area contributed by atoms with Crippen molar-refractivity contribution >= 4 is 17.6 Å². The predicted octanol–water partition coefficient (Wildman–Crippen LogP) is 2.95. The number of esters is 1. The van der Waals surface area contributed by atoms with E-state index in [1.54, 1.807) is 32.4 Å². The van der Waals surface area contributed by atoms with Crippen LogP contribution in [0.25, 0.3) is 0 Å². The van der Waals surface area contributed by atoms with E-state index in [4.69, 9.17) is 30.5 Å². The van der Waals surface area contributed by atoms with Crippen molar-refractivity contribution in [3.8, 4) is 5.75 Å². The lowest BCUT2D eigenvalue weighted by Crippen LogP contribution is -2.09. The fraction of sp³-hybridized carbons (Fsp3) is 0.533. The van der Waals surface area contributed by atoms with Crippen LogP contribution in [-0.4, -0.2) is 46.6 Å². The highest BCUT2D eigenvalue weighted by Crippen LogP contribution is 2.26. The molecule has 0 N–H and O–H groups in total. The Labute approximate surface area is 130 Å². The molecule has 0 fully saturated rings. The molecule has 0 atom stereocenters. The molecule has 1 rings (SSSR count). The smallest absolute Gasteiger partial charge is 0.338 e. The Balaban J connectivity index is 2.52. The van der Waals surface area contributed by atoms with E-state index in [1.807, 2.05) is 0 Å². The van der Waals surface area contributed by atoms with E-state index in [9.17, 15) is 4.79 Å². The number of benzene rings is 1. The van der Waals surface area contributed by atoms with Gasteiger partial charge >= 0.3 is 5.97 Å². The van der Waals surface area contributed by atoms with Crippen LogP contribution in [0, 0.1) is 0 Å². The molecule has 118 valence electrons. The molecule has 0 aromatic heterocycles. The molecule has 0 spiro atoms. The van der Waals surface area contributed by atoms with E-state index < -0.39 is 5.97 Å². The van der Waals surface area contributed by atoms with Crippen molar-refractivity contribution in [2.24, 2.45) is 0 Å². The Hall–Kier alpha value is -1.30. The first-order valence-corrected chi connectivity index (χ1v) is 7.14. The number of carbonyl (C=O) groups excluding carboxylic acids is 1. The summed E-state index contributed by atoms with van der Waals surface area (Å²) in [6.07, 6.45) is 1.41. The average molecular weight is 317 g/mol. The first-order chi connectivity index (χ1) is 10.2. The standard InChI is InChI=1S/C15H21ClO5/c1-18-7-3-9-20-14-11-12(5-6-13(14)16)15(17)21-10-4-8-19-2/h5-6,11H,3-4,7-10H2,1-2H3. The summed E-state index contributed by atoms with van der Waals surface area (Å²) in [5.41, 5.74) is 0.415. The zero-order valence-electron chi connectivity index (χ0n) is 12.4. The summed E-state index contributed by atoms with van der Waals surface area (Å²) in [4.78, 5) is 11.9. The molecule has 0 unspecified atom stereocenters. The molecule has 1 aromatic rings. The molecule has 21 heavy (non-hydrogen) atoms. The lowest BCUT2D eigenvalue weighted by atomic mass is 10.2. The Bertz CT molecular complexity index is 436. The topological polar surface area (TPSA) is 54.0 Å². The number of halogens is 1. The predicted molar refractivity (Wildman–Crippen MR) is 80.2 cm³/mol. The van der Waals surface area contributed by atoms with Crippen LogP contribution in [0.1, 0.15) is 23.2 Å². The Kier molecular flexibility index (Phi) is 8.82. The minimum Gasteiger partial charge on any atom is -0.492 e. The third kappa shape index (κ3) is 6.80. The second-order valence-electron chi connectivity index (χ2n) is 4.32. The van der Waals surface area contributed by atoms with E-state index in [0.717, 1.165) is 6.42 Å². The molecule has 0 bridgehead atoms. The Morgan fingerprint density at radius 3 is 2.38 bits per heavy atom. The van der Waals surface area contributed by atoms with Gasteiger partial charge in [-0.05, 0) is 18.2 Å². The van der Waals surface area contributed by atoms with Gasteiger partial charge in [-0.25, -0.2) is 4.79 Å². The van der Waals surface area contributed by atoms with Gasteiger partial charge in [-0.2, -0.15) is 0 Å². The molecular weight excluding hydrogens is 296 g/mol. The molecule has 0 aliphatic carbocycles. The van der Waals surface area contributed by atoms with Gasteiger partial charge in [-0.1, -0.05) is 11.6 Å². The van der Waals surface area contributed by atoms with Crippen molar-refractivity contribution in [1.29, 1.82) is 0 Å². The summed E-state index contributed by atoms with van der Waals surface area (Å²) < 4.78 is 20.5. The molecule has 0 radical (unpaired) electrons. The molecule has 0 amide bonds. The number of methoxy groups -OCH3 is 2. The molecule has 0 saturated carbocycles. The van der Waals surface area contributed by atoms with Crippen LogP contribution in [0.2, 0.25) is 5.02 Å². The molecule has 0 heterocycles. The van der Waals surface area contributed by atoms with Crippen molar-refractivity contribution in [3.05, 3.63) is 28.8 Å². The second-order valence-corrected chi connectivity index (χ2v) is 4.73. The highest BCUT2D eigenvalue weighted by Gasteiger charge is 2.11. The van der Waals surface area contributed by atoms with Gasteiger partial charge in [0, 0.05) is 40.3 Å². The van der Waals surface area contributed by atoms with Gasteiger partial charge < -0.3 is 18.9 Å². The highest BCUT2D eigenvalue weighted by atomic mass is 35.5. The van der Waals surface area contributed by atoms with E-state index in [0.29, 0.717) is 49.2 Å². The third-order valence-corrected chi connectivity index (χ3v) is 2.96. The van der Waals surface area contributed by atoms with Crippen LogP contribution >= 0.6 is 11.6 Å². The van der Waals surface area contributed by atoms with Crippen LogP contribution in [0.5, 0.6) is 5.75 Å². The summed E-state index contributed by atoms with van der Waals surface area (Å²) in [6, 6.07) is 4.83. The largest absolute Gasteiger partial charge is 0.492 e. The molecule has 0 aliphatic rings.